The van der Waals surface area contributed by atoms with Crippen LogP contribution in [0.1, 0.15) is 10.4 Å². The number of rotatable bonds is 3. The molecular weight excluding hydrogens is 314 g/mol. The monoisotopic (exact) mass is 329 g/mol. The number of nitrogens with one attached hydrogen (secondary N) is 1. The number of hydrogen-bond acceptors (Lipinski definition) is 4. The number of anilines is 1. The second-order valence-corrected chi connectivity index (χ2v) is 5.58. The topological polar surface area (TPSA) is 64.1 Å². The molecule has 1 amide bonds. The molecule has 4 rings (SSSR count). The van der Waals surface area contributed by atoms with Gasteiger partial charge in [0.2, 0.25) is 0 Å². The summed E-state index contributed by atoms with van der Waals surface area (Å²) in [4.78, 5) is 21.6. The van der Waals surface area contributed by atoms with Gasteiger partial charge >= 0.3 is 0 Å². The van der Waals surface area contributed by atoms with Crippen molar-refractivity contribution in [3.05, 3.63) is 72.6 Å². The summed E-state index contributed by atoms with van der Waals surface area (Å²) in [5, 5.41) is 4.82. The van der Waals surface area contributed by atoms with Crippen LogP contribution in [0.3, 0.4) is 0 Å². The van der Waals surface area contributed by atoms with E-state index in [4.69, 9.17) is 4.74 Å². The van der Waals surface area contributed by atoms with Crippen LogP contribution < -0.4 is 10.1 Å². The highest BCUT2D eigenvalue weighted by atomic mass is 16.5. The Kier molecular flexibility index (Phi) is 3.74. The summed E-state index contributed by atoms with van der Waals surface area (Å²) in [7, 11) is 1.54. The second kappa shape index (κ2) is 6.20. The summed E-state index contributed by atoms with van der Waals surface area (Å²) in [6.07, 6.45) is 3.39. The van der Waals surface area contributed by atoms with Crippen LogP contribution in [0.15, 0.2) is 67.0 Å². The lowest BCUT2D eigenvalue weighted by Crippen LogP contribution is -2.14. The van der Waals surface area contributed by atoms with Crippen LogP contribution >= 0.6 is 0 Å². The summed E-state index contributed by atoms with van der Waals surface area (Å²) < 4.78 is 5.37. The highest BCUT2D eigenvalue weighted by Crippen LogP contribution is 2.27. The maximum Gasteiger partial charge on any atom is 0.261 e. The average molecular weight is 329 g/mol. The molecule has 2 heterocycles. The number of ether oxygens (including phenoxy) is 1. The molecule has 0 radical (unpaired) electrons. The van der Waals surface area contributed by atoms with Gasteiger partial charge in [-0.3, -0.25) is 14.8 Å². The molecule has 0 atom stereocenters. The molecule has 0 saturated heterocycles. The second-order valence-electron chi connectivity index (χ2n) is 5.58. The summed E-state index contributed by atoms with van der Waals surface area (Å²) in [6, 6.07) is 16.9. The maximum atomic E-state index is 12.9. The maximum absolute atomic E-state index is 12.9. The molecule has 0 bridgehead atoms. The molecule has 0 spiro atoms. The predicted octanol–water partition coefficient (Wildman–Crippen LogP) is 4.04. The van der Waals surface area contributed by atoms with Gasteiger partial charge in [0.25, 0.3) is 5.91 Å². The van der Waals surface area contributed by atoms with Crippen molar-refractivity contribution in [1.82, 2.24) is 9.97 Å². The first kappa shape index (κ1) is 15.1. The molecule has 0 unspecified atom stereocenters. The van der Waals surface area contributed by atoms with Crippen molar-refractivity contribution in [3.8, 4) is 5.75 Å². The molecule has 5 nitrogen and oxygen atoms in total. The van der Waals surface area contributed by atoms with Crippen LogP contribution in [0.2, 0.25) is 0 Å². The zero-order chi connectivity index (χ0) is 17.2. The molecule has 0 fully saturated rings. The van der Waals surface area contributed by atoms with Gasteiger partial charge in [-0.05, 0) is 36.4 Å². The van der Waals surface area contributed by atoms with Crippen LogP contribution in [-0.2, 0) is 0 Å². The highest BCUT2D eigenvalue weighted by molar-refractivity contribution is 6.14. The average Bonchev–Trinajstić information content (AvgIpc) is 2.66. The van der Waals surface area contributed by atoms with E-state index in [1.54, 1.807) is 25.6 Å². The van der Waals surface area contributed by atoms with Crippen LogP contribution in [0.25, 0.3) is 21.8 Å². The van der Waals surface area contributed by atoms with Crippen molar-refractivity contribution in [2.24, 2.45) is 0 Å². The number of aromatic nitrogens is 2. The fourth-order valence-electron chi connectivity index (χ4n) is 2.85. The Morgan fingerprint density at radius 2 is 1.72 bits per heavy atom. The third-order valence-corrected chi connectivity index (χ3v) is 4.05. The Morgan fingerprint density at radius 3 is 2.56 bits per heavy atom. The van der Waals surface area contributed by atoms with E-state index in [-0.39, 0.29) is 5.91 Å². The summed E-state index contributed by atoms with van der Waals surface area (Å²) in [6.45, 7) is 0. The van der Waals surface area contributed by atoms with E-state index in [0.717, 1.165) is 16.3 Å². The Bertz CT molecular complexity index is 1090. The Morgan fingerprint density at radius 1 is 0.960 bits per heavy atom. The van der Waals surface area contributed by atoms with Crippen LogP contribution in [-0.4, -0.2) is 23.0 Å². The zero-order valence-electron chi connectivity index (χ0n) is 13.6. The highest BCUT2D eigenvalue weighted by Gasteiger charge is 2.17. The lowest BCUT2D eigenvalue weighted by molar-refractivity contribution is 0.102. The standard InChI is InChI=1S/C20H15N3O2/c1-25-17-9-7-14-5-3-11-22-19(14)18(17)20(24)23-15-8-6-13-4-2-10-21-16(13)12-15/h2-12H,1H3,(H,23,24). The van der Waals surface area contributed by atoms with Gasteiger partial charge in [-0.1, -0.05) is 18.2 Å². The molecule has 0 aliphatic heterocycles. The molecule has 0 aliphatic carbocycles. The van der Waals surface area contributed by atoms with Crippen molar-refractivity contribution in [2.75, 3.05) is 12.4 Å². The Balaban J connectivity index is 1.76. The molecular formula is C20H15N3O2. The van der Waals surface area contributed by atoms with E-state index in [0.29, 0.717) is 22.5 Å². The Hall–Kier alpha value is -3.47. The zero-order valence-corrected chi connectivity index (χ0v) is 13.6. The van der Waals surface area contributed by atoms with Gasteiger partial charge in [0.15, 0.2) is 0 Å². The van der Waals surface area contributed by atoms with E-state index in [1.165, 1.54) is 0 Å². The van der Waals surface area contributed by atoms with E-state index >= 15 is 0 Å². The fraction of sp³-hybridized carbons (Fsp3) is 0.0500. The first-order chi connectivity index (χ1) is 12.3. The minimum Gasteiger partial charge on any atom is -0.496 e. The van der Waals surface area contributed by atoms with Gasteiger partial charge in [-0.15, -0.1) is 0 Å². The quantitative estimate of drug-likeness (QED) is 0.616. The minimum absolute atomic E-state index is 0.267. The number of amides is 1. The molecule has 0 saturated carbocycles. The normalized spacial score (nSPS) is 10.8. The summed E-state index contributed by atoms with van der Waals surface area (Å²) in [5.41, 5.74) is 2.52. The van der Waals surface area contributed by atoms with Gasteiger partial charge < -0.3 is 10.1 Å². The van der Waals surface area contributed by atoms with Gasteiger partial charge in [0, 0.05) is 28.9 Å². The third kappa shape index (κ3) is 2.76. The molecule has 122 valence electrons. The van der Waals surface area contributed by atoms with Crippen molar-refractivity contribution < 1.29 is 9.53 Å². The number of carbonyl (C=O) groups is 1. The fourth-order valence-corrected chi connectivity index (χ4v) is 2.85. The number of benzene rings is 2. The minimum atomic E-state index is -0.267. The van der Waals surface area contributed by atoms with E-state index in [9.17, 15) is 4.79 Å². The van der Waals surface area contributed by atoms with E-state index < -0.39 is 0 Å². The van der Waals surface area contributed by atoms with Gasteiger partial charge in [0.1, 0.15) is 11.3 Å². The smallest absolute Gasteiger partial charge is 0.261 e. The van der Waals surface area contributed by atoms with E-state index in [2.05, 4.69) is 15.3 Å². The largest absolute Gasteiger partial charge is 0.496 e. The van der Waals surface area contributed by atoms with Crippen molar-refractivity contribution in [1.29, 1.82) is 0 Å². The first-order valence-corrected chi connectivity index (χ1v) is 7.84. The van der Waals surface area contributed by atoms with Crippen LogP contribution in [0.5, 0.6) is 5.75 Å². The molecule has 25 heavy (non-hydrogen) atoms. The number of carbonyl (C=O) groups excluding carboxylic acids is 1. The lowest BCUT2D eigenvalue weighted by atomic mass is 10.1. The number of hydrogen-bond donors (Lipinski definition) is 1. The molecule has 4 aromatic rings. The van der Waals surface area contributed by atoms with Crippen LogP contribution in [0, 0.1) is 0 Å². The first-order valence-electron chi connectivity index (χ1n) is 7.84. The predicted molar refractivity (Wildman–Crippen MR) is 98.0 cm³/mol. The number of nitrogens with zero attached hydrogens (tertiary/aromatic N) is 2. The number of fused-ring (bicyclic) bond motifs is 2. The molecule has 1 N–H and O–H groups in total. The Labute approximate surface area is 144 Å². The number of methoxy groups -OCH3 is 1. The number of pyridine rings is 2. The molecule has 2 aromatic carbocycles. The van der Waals surface area contributed by atoms with Gasteiger partial charge in [0.05, 0.1) is 18.1 Å². The van der Waals surface area contributed by atoms with E-state index in [1.807, 2.05) is 48.5 Å². The van der Waals surface area contributed by atoms with Gasteiger partial charge in [-0.2, -0.15) is 0 Å². The SMILES string of the molecule is COc1ccc2cccnc2c1C(=O)Nc1ccc2cccnc2c1. The van der Waals surface area contributed by atoms with Crippen LogP contribution in [0.4, 0.5) is 5.69 Å². The molecule has 2 aromatic heterocycles. The van der Waals surface area contributed by atoms with Crippen molar-refractivity contribution in [2.45, 2.75) is 0 Å². The lowest BCUT2D eigenvalue weighted by Gasteiger charge is -2.12. The van der Waals surface area contributed by atoms with Crippen molar-refractivity contribution in [3.63, 3.8) is 0 Å². The third-order valence-electron chi connectivity index (χ3n) is 4.05. The molecule has 0 aliphatic rings. The van der Waals surface area contributed by atoms with Crippen molar-refractivity contribution >= 4 is 33.4 Å². The summed E-state index contributed by atoms with van der Waals surface area (Å²) in [5.74, 6) is 0.221. The molecule has 5 heteroatoms. The van der Waals surface area contributed by atoms with Gasteiger partial charge in [-0.25, -0.2) is 0 Å². The summed E-state index contributed by atoms with van der Waals surface area (Å²) >= 11 is 0.